The van der Waals surface area contributed by atoms with E-state index >= 15 is 0 Å². The number of hydrogen-bond donors (Lipinski definition) is 1. The van der Waals surface area contributed by atoms with Crippen molar-refractivity contribution in [1.29, 1.82) is 0 Å². The van der Waals surface area contributed by atoms with E-state index in [1.807, 2.05) is 0 Å². The Morgan fingerprint density at radius 2 is 2.22 bits per heavy atom. The molecule has 0 bridgehead atoms. The van der Waals surface area contributed by atoms with Gasteiger partial charge in [-0.3, -0.25) is 4.79 Å². The van der Waals surface area contributed by atoms with Crippen molar-refractivity contribution in [1.82, 2.24) is 0 Å². The lowest BCUT2D eigenvalue weighted by atomic mass is 10.1. The van der Waals surface area contributed by atoms with Gasteiger partial charge in [0.25, 0.3) is 0 Å². The second kappa shape index (κ2) is 4.60. The molecule has 0 radical (unpaired) electrons. The number of halogens is 1. The van der Waals surface area contributed by atoms with Gasteiger partial charge < -0.3 is 10.0 Å². The Morgan fingerprint density at radius 1 is 1.50 bits per heavy atom. The number of carboxylic acids is 1. The van der Waals surface area contributed by atoms with Crippen LogP contribution in [0.1, 0.15) is 16.8 Å². The average molecular weight is 249 g/mol. The maximum Gasteiger partial charge on any atom is 0.335 e. The van der Waals surface area contributed by atoms with Gasteiger partial charge in [0, 0.05) is 24.6 Å². The molecule has 4 nitrogen and oxygen atoms in total. The minimum Gasteiger partial charge on any atom is -0.478 e. The molecule has 1 heterocycles. The van der Waals surface area contributed by atoms with Gasteiger partial charge >= 0.3 is 5.97 Å². The van der Waals surface area contributed by atoms with E-state index in [4.69, 9.17) is 5.11 Å². The van der Waals surface area contributed by atoms with Gasteiger partial charge in [-0.1, -0.05) is 6.08 Å². The zero-order valence-corrected chi connectivity index (χ0v) is 9.60. The van der Waals surface area contributed by atoms with Crippen LogP contribution in [0, 0.1) is 11.7 Å². The van der Waals surface area contributed by atoms with Gasteiger partial charge in [0.2, 0.25) is 5.91 Å². The van der Waals surface area contributed by atoms with Crippen LogP contribution in [0.3, 0.4) is 0 Å². The average Bonchev–Trinajstić information content (AvgIpc) is 2.69. The molecular formula is C13H12FNO3. The Kier molecular flexibility index (Phi) is 3.14. The van der Waals surface area contributed by atoms with Crippen molar-refractivity contribution in [3.05, 3.63) is 42.2 Å². The molecule has 1 saturated heterocycles. The molecule has 1 aliphatic rings. The Bertz CT molecular complexity index is 527. The predicted octanol–water partition coefficient (Wildman–Crippen LogP) is 2.06. The van der Waals surface area contributed by atoms with E-state index in [-0.39, 0.29) is 23.1 Å². The molecule has 0 aromatic heterocycles. The summed E-state index contributed by atoms with van der Waals surface area (Å²) in [6.45, 7) is 4.03. The first-order valence-corrected chi connectivity index (χ1v) is 5.48. The second-order valence-corrected chi connectivity index (χ2v) is 4.21. The smallest absolute Gasteiger partial charge is 0.335 e. The SMILES string of the molecule is C=CC1CC(=O)N(c2cc(F)cc(C(=O)O)c2)C1. The summed E-state index contributed by atoms with van der Waals surface area (Å²) in [4.78, 5) is 24.0. The lowest BCUT2D eigenvalue weighted by Crippen LogP contribution is -2.24. The monoisotopic (exact) mass is 249 g/mol. The molecule has 1 aromatic carbocycles. The van der Waals surface area contributed by atoms with Crippen molar-refractivity contribution in [3.8, 4) is 0 Å². The highest BCUT2D eigenvalue weighted by molar-refractivity contribution is 5.97. The fourth-order valence-electron chi connectivity index (χ4n) is 2.00. The van der Waals surface area contributed by atoms with E-state index in [9.17, 15) is 14.0 Å². The van der Waals surface area contributed by atoms with Gasteiger partial charge in [0.15, 0.2) is 0 Å². The topological polar surface area (TPSA) is 57.6 Å². The highest BCUT2D eigenvalue weighted by Gasteiger charge is 2.29. The van der Waals surface area contributed by atoms with Gasteiger partial charge in [0.05, 0.1) is 5.56 Å². The summed E-state index contributed by atoms with van der Waals surface area (Å²) in [6.07, 6.45) is 2.00. The molecule has 5 heteroatoms. The highest BCUT2D eigenvalue weighted by atomic mass is 19.1. The fourth-order valence-corrected chi connectivity index (χ4v) is 2.00. The number of hydrogen-bond acceptors (Lipinski definition) is 2. The molecule has 1 aromatic rings. The van der Waals surface area contributed by atoms with Crippen molar-refractivity contribution >= 4 is 17.6 Å². The van der Waals surface area contributed by atoms with Crippen LogP contribution >= 0.6 is 0 Å². The number of rotatable bonds is 3. The van der Waals surface area contributed by atoms with E-state index in [1.54, 1.807) is 6.08 Å². The van der Waals surface area contributed by atoms with Crippen LogP contribution in [0.4, 0.5) is 10.1 Å². The van der Waals surface area contributed by atoms with Crippen LogP contribution in [0.25, 0.3) is 0 Å². The molecule has 0 saturated carbocycles. The van der Waals surface area contributed by atoms with E-state index in [0.717, 1.165) is 12.1 Å². The summed E-state index contributed by atoms with van der Waals surface area (Å²) in [5, 5.41) is 8.85. The number of carbonyl (C=O) groups is 2. The van der Waals surface area contributed by atoms with Crippen molar-refractivity contribution in [3.63, 3.8) is 0 Å². The van der Waals surface area contributed by atoms with Crippen LogP contribution < -0.4 is 4.90 Å². The minimum absolute atomic E-state index is 0.0223. The standard InChI is InChI=1S/C13H12FNO3/c1-2-8-3-12(16)15(7-8)11-5-9(13(17)18)4-10(14)6-11/h2,4-6,8H,1,3,7H2,(H,17,18). The first-order chi connectivity index (χ1) is 8.51. The lowest BCUT2D eigenvalue weighted by molar-refractivity contribution is -0.117. The number of nitrogens with zero attached hydrogens (tertiary/aromatic N) is 1. The number of benzene rings is 1. The van der Waals surface area contributed by atoms with Crippen LogP contribution in [0.5, 0.6) is 0 Å². The van der Waals surface area contributed by atoms with Crippen molar-refractivity contribution in [2.75, 3.05) is 11.4 Å². The molecule has 1 N–H and O–H groups in total. The molecule has 2 rings (SSSR count). The molecule has 1 aliphatic heterocycles. The van der Waals surface area contributed by atoms with E-state index in [0.29, 0.717) is 13.0 Å². The molecule has 1 amide bonds. The molecule has 0 spiro atoms. The van der Waals surface area contributed by atoms with Crippen LogP contribution in [-0.4, -0.2) is 23.5 Å². The van der Waals surface area contributed by atoms with Crippen LogP contribution in [-0.2, 0) is 4.79 Å². The predicted molar refractivity (Wildman–Crippen MR) is 64.0 cm³/mol. The van der Waals surface area contributed by atoms with Crippen LogP contribution in [0.15, 0.2) is 30.9 Å². The number of carbonyl (C=O) groups excluding carboxylic acids is 1. The number of anilines is 1. The van der Waals surface area contributed by atoms with Gasteiger partial charge in [-0.05, 0) is 18.2 Å². The van der Waals surface area contributed by atoms with Gasteiger partial charge in [-0.25, -0.2) is 9.18 Å². The first-order valence-electron chi connectivity index (χ1n) is 5.48. The molecule has 94 valence electrons. The van der Waals surface area contributed by atoms with E-state index in [1.165, 1.54) is 11.0 Å². The quantitative estimate of drug-likeness (QED) is 0.834. The van der Waals surface area contributed by atoms with Crippen LogP contribution in [0.2, 0.25) is 0 Å². The molecule has 0 aliphatic carbocycles. The van der Waals surface area contributed by atoms with Gasteiger partial charge in [0.1, 0.15) is 5.82 Å². The Balaban J connectivity index is 2.36. The fraction of sp³-hybridized carbons (Fsp3) is 0.231. The lowest BCUT2D eigenvalue weighted by Gasteiger charge is -2.16. The summed E-state index contributed by atoms with van der Waals surface area (Å²) in [6, 6.07) is 3.39. The summed E-state index contributed by atoms with van der Waals surface area (Å²) in [5.74, 6) is -2.02. The number of amides is 1. The Morgan fingerprint density at radius 3 is 2.78 bits per heavy atom. The zero-order valence-electron chi connectivity index (χ0n) is 9.60. The Labute approximate surface area is 103 Å². The normalized spacial score (nSPS) is 19.1. The van der Waals surface area contributed by atoms with Crippen molar-refractivity contribution in [2.24, 2.45) is 5.92 Å². The molecule has 1 fully saturated rings. The largest absolute Gasteiger partial charge is 0.478 e. The highest BCUT2D eigenvalue weighted by Crippen LogP contribution is 2.27. The maximum atomic E-state index is 13.3. The van der Waals surface area contributed by atoms with Crippen molar-refractivity contribution < 1.29 is 19.1 Å². The maximum absolute atomic E-state index is 13.3. The van der Waals surface area contributed by atoms with Gasteiger partial charge in [-0.2, -0.15) is 0 Å². The molecule has 1 unspecified atom stereocenters. The summed E-state index contributed by atoms with van der Waals surface area (Å²) < 4.78 is 13.3. The summed E-state index contributed by atoms with van der Waals surface area (Å²) in [5.41, 5.74) is 0.113. The van der Waals surface area contributed by atoms with Crippen molar-refractivity contribution in [2.45, 2.75) is 6.42 Å². The first kappa shape index (κ1) is 12.3. The third-order valence-corrected chi connectivity index (χ3v) is 2.93. The Hall–Kier alpha value is -2.17. The number of aromatic carboxylic acids is 1. The zero-order chi connectivity index (χ0) is 13.3. The van der Waals surface area contributed by atoms with E-state index < -0.39 is 11.8 Å². The van der Waals surface area contributed by atoms with Gasteiger partial charge in [-0.15, -0.1) is 6.58 Å². The summed E-state index contributed by atoms with van der Waals surface area (Å²) in [7, 11) is 0. The molecular weight excluding hydrogens is 237 g/mol. The number of carboxylic acid groups (broad SMARTS) is 1. The minimum atomic E-state index is -1.22. The molecule has 1 atom stereocenters. The summed E-state index contributed by atoms with van der Waals surface area (Å²) >= 11 is 0. The third kappa shape index (κ3) is 2.25. The third-order valence-electron chi connectivity index (χ3n) is 2.93. The van der Waals surface area contributed by atoms with E-state index in [2.05, 4.69) is 6.58 Å². The second-order valence-electron chi connectivity index (χ2n) is 4.21. The molecule has 18 heavy (non-hydrogen) atoms.